The fraction of sp³-hybridized carbons (Fsp3) is 0.500. The van der Waals surface area contributed by atoms with Gasteiger partial charge in [-0.3, -0.25) is 0 Å². The van der Waals surface area contributed by atoms with Gasteiger partial charge < -0.3 is 15.2 Å². The van der Waals surface area contributed by atoms with Gasteiger partial charge in [0.2, 0.25) is 0 Å². The molecule has 0 unspecified atom stereocenters. The van der Waals surface area contributed by atoms with Gasteiger partial charge in [-0.2, -0.15) is 0 Å². The molecule has 102 valence electrons. The van der Waals surface area contributed by atoms with Crippen molar-refractivity contribution in [3.8, 4) is 5.75 Å². The van der Waals surface area contributed by atoms with Gasteiger partial charge in [-0.05, 0) is 17.7 Å². The van der Waals surface area contributed by atoms with Gasteiger partial charge in [0, 0.05) is 19.2 Å². The smallest absolute Gasteiger partial charge is 0.156 e. The standard InChI is InChI=1S/C12H19NO4S/c1-16-5-6-18(14,15)9-10-3-4-12(17-2)11(7-10)8-13/h3-4,7H,5-6,8-9,13H2,1-2H3. The average Bonchev–Trinajstić information content (AvgIpc) is 2.35. The lowest BCUT2D eigenvalue weighted by Gasteiger charge is -2.09. The summed E-state index contributed by atoms with van der Waals surface area (Å²) in [5.74, 6) is 0.691. The van der Waals surface area contributed by atoms with Gasteiger partial charge in [0.25, 0.3) is 0 Å². The van der Waals surface area contributed by atoms with Crippen LogP contribution in [0.5, 0.6) is 5.75 Å². The highest BCUT2D eigenvalue weighted by molar-refractivity contribution is 7.90. The number of benzene rings is 1. The number of ether oxygens (including phenoxy) is 2. The molecule has 0 bridgehead atoms. The SMILES string of the molecule is COCCS(=O)(=O)Cc1ccc(OC)c(CN)c1. The van der Waals surface area contributed by atoms with Crippen molar-refractivity contribution in [2.24, 2.45) is 5.73 Å². The van der Waals surface area contributed by atoms with E-state index >= 15 is 0 Å². The minimum atomic E-state index is -3.15. The maximum Gasteiger partial charge on any atom is 0.156 e. The molecule has 0 atom stereocenters. The molecule has 1 aromatic rings. The van der Waals surface area contributed by atoms with Crippen molar-refractivity contribution in [1.82, 2.24) is 0 Å². The van der Waals surface area contributed by atoms with Gasteiger partial charge in [0.15, 0.2) is 9.84 Å². The average molecular weight is 273 g/mol. The molecule has 0 saturated carbocycles. The Hall–Kier alpha value is -1.11. The Morgan fingerprint density at radius 1 is 1.28 bits per heavy atom. The van der Waals surface area contributed by atoms with E-state index in [9.17, 15) is 8.42 Å². The fourth-order valence-electron chi connectivity index (χ4n) is 1.62. The van der Waals surface area contributed by atoms with E-state index in [0.29, 0.717) is 17.9 Å². The van der Waals surface area contributed by atoms with E-state index in [0.717, 1.165) is 5.56 Å². The van der Waals surface area contributed by atoms with Crippen molar-refractivity contribution in [2.45, 2.75) is 12.3 Å². The van der Waals surface area contributed by atoms with E-state index in [4.69, 9.17) is 15.2 Å². The molecule has 6 heteroatoms. The summed E-state index contributed by atoms with van der Waals surface area (Å²) in [6.45, 7) is 0.525. The molecule has 0 aromatic heterocycles. The highest BCUT2D eigenvalue weighted by Crippen LogP contribution is 2.20. The third-order valence-electron chi connectivity index (χ3n) is 2.55. The number of sulfone groups is 1. The summed E-state index contributed by atoms with van der Waals surface area (Å²) in [6, 6.07) is 5.24. The molecule has 0 heterocycles. The van der Waals surface area contributed by atoms with E-state index in [1.807, 2.05) is 0 Å². The molecular formula is C12H19NO4S. The van der Waals surface area contributed by atoms with Crippen molar-refractivity contribution < 1.29 is 17.9 Å². The Morgan fingerprint density at radius 2 is 2.00 bits per heavy atom. The Morgan fingerprint density at radius 3 is 2.56 bits per heavy atom. The zero-order valence-corrected chi connectivity index (χ0v) is 11.5. The highest BCUT2D eigenvalue weighted by Gasteiger charge is 2.13. The first-order valence-electron chi connectivity index (χ1n) is 5.57. The first-order valence-corrected chi connectivity index (χ1v) is 7.39. The lowest BCUT2D eigenvalue weighted by Crippen LogP contribution is -2.14. The molecule has 18 heavy (non-hydrogen) atoms. The van der Waals surface area contributed by atoms with Crippen LogP contribution >= 0.6 is 0 Å². The molecule has 0 aliphatic heterocycles. The third kappa shape index (κ3) is 4.29. The fourth-order valence-corrected chi connectivity index (χ4v) is 2.87. The van der Waals surface area contributed by atoms with Crippen LogP contribution in [-0.4, -0.2) is 35.0 Å². The molecule has 1 rings (SSSR count). The first-order chi connectivity index (χ1) is 8.52. The Balaban J connectivity index is 2.85. The predicted octanol–water partition coefficient (Wildman–Crippen LogP) is 0.715. The second-order valence-electron chi connectivity index (χ2n) is 3.94. The number of methoxy groups -OCH3 is 2. The lowest BCUT2D eigenvalue weighted by atomic mass is 10.1. The van der Waals surface area contributed by atoms with Crippen molar-refractivity contribution >= 4 is 9.84 Å². The number of hydrogen-bond donors (Lipinski definition) is 1. The summed E-state index contributed by atoms with van der Waals surface area (Å²) in [6.07, 6.45) is 0. The van der Waals surface area contributed by atoms with E-state index in [1.165, 1.54) is 7.11 Å². The summed E-state index contributed by atoms with van der Waals surface area (Å²) >= 11 is 0. The molecule has 0 spiro atoms. The van der Waals surface area contributed by atoms with Gasteiger partial charge in [-0.15, -0.1) is 0 Å². The molecule has 0 aliphatic rings. The lowest BCUT2D eigenvalue weighted by molar-refractivity contribution is 0.217. The summed E-state index contributed by atoms with van der Waals surface area (Å²) in [7, 11) is -0.107. The van der Waals surface area contributed by atoms with E-state index in [-0.39, 0.29) is 18.1 Å². The predicted molar refractivity (Wildman–Crippen MR) is 70.3 cm³/mol. The molecular weight excluding hydrogens is 254 g/mol. The van der Waals surface area contributed by atoms with Crippen LogP contribution in [0.15, 0.2) is 18.2 Å². The van der Waals surface area contributed by atoms with Crippen LogP contribution in [0.1, 0.15) is 11.1 Å². The second kappa shape index (κ2) is 6.72. The zero-order chi connectivity index (χ0) is 13.6. The normalized spacial score (nSPS) is 11.5. The largest absolute Gasteiger partial charge is 0.496 e. The molecule has 0 amide bonds. The summed E-state index contributed by atoms with van der Waals surface area (Å²) in [5, 5.41) is 0. The Bertz CT molecular complexity index is 485. The summed E-state index contributed by atoms with van der Waals surface area (Å²) < 4.78 is 33.5. The molecule has 2 N–H and O–H groups in total. The topological polar surface area (TPSA) is 78.6 Å². The maximum absolute atomic E-state index is 11.8. The van der Waals surface area contributed by atoms with Crippen molar-refractivity contribution in [3.05, 3.63) is 29.3 Å². The van der Waals surface area contributed by atoms with E-state index in [2.05, 4.69) is 0 Å². The van der Waals surface area contributed by atoms with Gasteiger partial charge in [0.1, 0.15) is 5.75 Å². The van der Waals surface area contributed by atoms with E-state index in [1.54, 1.807) is 25.3 Å². The quantitative estimate of drug-likeness (QED) is 0.791. The van der Waals surface area contributed by atoms with Gasteiger partial charge in [0.05, 0.1) is 25.2 Å². The Kier molecular flexibility index (Phi) is 5.58. The third-order valence-corrected chi connectivity index (χ3v) is 4.11. The monoisotopic (exact) mass is 273 g/mol. The van der Waals surface area contributed by atoms with Crippen LogP contribution in [0, 0.1) is 0 Å². The first kappa shape index (κ1) is 14.9. The van der Waals surface area contributed by atoms with Crippen molar-refractivity contribution in [1.29, 1.82) is 0 Å². The number of rotatable bonds is 7. The van der Waals surface area contributed by atoms with Crippen LogP contribution in [0.25, 0.3) is 0 Å². The van der Waals surface area contributed by atoms with Crippen molar-refractivity contribution in [2.75, 3.05) is 26.6 Å². The van der Waals surface area contributed by atoms with Gasteiger partial charge in [-0.1, -0.05) is 6.07 Å². The van der Waals surface area contributed by atoms with Crippen LogP contribution < -0.4 is 10.5 Å². The minimum Gasteiger partial charge on any atom is -0.496 e. The van der Waals surface area contributed by atoms with Crippen molar-refractivity contribution in [3.63, 3.8) is 0 Å². The molecule has 0 fully saturated rings. The van der Waals surface area contributed by atoms with Crippen LogP contribution in [0.3, 0.4) is 0 Å². The van der Waals surface area contributed by atoms with Crippen LogP contribution in [0.2, 0.25) is 0 Å². The molecule has 0 aliphatic carbocycles. The number of nitrogens with two attached hydrogens (primary N) is 1. The zero-order valence-electron chi connectivity index (χ0n) is 10.7. The maximum atomic E-state index is 11.8. The van der Waals surface area contributed by atoms with Crippen LogP contribution in [-0.2, 0) is 26.9 Å². The minimum absolute atomic E-state index is 0.00659. The Labute approximate surface area is 108 Å². The molecule has 5 nitrogen and oxygen atoms in total. The van der Waals surface area contributed by atoms with Crippen LogP contribution in [0.4, 0.5) is 0 Å². The summed E-state index contributed by atoms with van der Waals surface area (Å²) in [4.78, 5) is 0. The van der Waals surface area contributed by atoms with E-state index < -0.39 is 9.84 Å². The number of hydrogen-bond acceptors (Lipinski definition) is 5. The highest BCUT2D eigenvalue weighted by atomic mass is 32.2. The molecule has 0 radical (unpaired) electrons. The molecule has 0 saturated heterocycles. The molecule has 1 aromatic carbocycles. The van der Waals surface area contributed by atoms with Gasteiger partial charge >= 0.3 is 0 Å². The second-order valence-corrected chi connectivity index (χ2v) is 6.12. The summed E-state index contributed by atoms with van der Waals surface area (Å²) in [5.41, 5.74) is 7.11. The van der Waals surface area contributed by atoms with Gasteiger partial charge in [-0.25, -0.2) is 8.42 Å².